The van der Waals surface area contributed by atoms with Gasteiger partial charge in [0.25, 0.3) is 0 Å². The van der Waals surface area contributed by atoms with Gasteiger partial charge in [-0.3, -0.25) is 9.59 Å². The van der Waals surface area contributed by atoms with Gasteiger partial charge in [-0.1, -0.05) is 0 Å². The Kier molecular flexibility index (Phi) is 4.39. The predicted octanol–water partition coefficient (Wildman–Crippen LogP) is -0.725. The summed E-state index contributed by atoms with van der Waals surface area (Å²) in [5, 5.41) is 5.80. The third-order valence-electron chi connectivity index (χ3n) is 2.06. The minimum atomic E-state index is -0.461. The number of nitrogens with one attached hydrogen (secondary N) is 2. The van der Waals surface area contributed by atoms with Crippen molar-refractivity contribution in [1.82, 2.24) is 10.6 Å². The average molecular weight is 200 g/mol. The second-order valence-corrected chi connectivity index (χ2v) is 3.31. The molecule has 1 rings (SSSR count). The lowest BCUT2D eigenvalue weighted by Gasteiger charge is -2.26. The van der Waals surface area contributed by atoms with Crippen molar-refractivity contribution >= 4 is 11.9 Å². The Balaban J connectivity index is 2.05. The van der Waals surface area contributed by atoms with Crippen molar-refractivity contribution in [2.24, 2.45) is 5.92 Å². The molecule has 5 heteroatoms. The lowest BCUT2D eigenvalue weighted by atomic mass is 10.0. The second-order valence-electron chi connectivity index (χ2n) is 3.31. The zero-order valence-electron chi connectivity index (χ0n) is 8.34. The monoisotopic (exact) mass is 200 g/mol. The van der Waals surface area contributed by atoms with E-state index in [1.165, 1.54) is 0 Å². The molecule has 1 aliphatic heterocycles. The molecule has 0 aromatic rings. The Morgan fingerprint density at radius 1 is 1.50 bits per heavy atom. The fraction of sp³-hybridized carbons (Fsp3) is 0.778. The van der Waals surface area contributed by atoms with Crippen LogP contribution >= 0.6 is 0 Å². The number of esters is 1. The van der Waals surface area contributed by atoms with Gasteiger partial charge in [-0.25, -0.2) is 0 Å². The molecule has 0 unspecified atom stereocenters. The van der Waals surface area contributed by atoms with Gasteiger partial charge in [0.2, 0.25) is 5.91 Å². The topological polar surface area (TPSA) is 67.4 Å². The predicted molar refractivity (Wildman–Crippen MR) is 50.6 cm³/mol. The van der Waals surface area contributed by atoms with Gasteiger partial charge in [-0.15, -0.1) is 0 Å². The molecule has 5 nitrogen and oxygen atoms in total. The molecule has 14 heavy (non-hydrogen) atoms. The van der Waals surface area contributed by atoms with Crippen LogP contribution in [0.1, 0.15) is 13.3 Å². The molecule has 1 fully saturated rings. The molecule has 0 aromatic heterocycles. The van der Waals surface area contributed by atoms with Crippen molar-refractivity contribution in [2.75, 3.05) is 26.2 Å². The highest BCUT2D eigenvalue weighted by atomic mass is 16.5. The number of carbonyl (C=O) groups is 2. The second kappa shape index (κ2) is 5.59. The van der Waals surface area contributed by atoms with Gasteiger partial charge in [0.05, 0.1) is 6.61 Å². The lowest BCUT2D eigenvalue weighted by Crippen LogP contribution is -2.48. The van der Waals surface area contributed by atoms with E-state index in [-0.39, 0.29) is 12.3 Å². The zero-order chi connectivity index (χ0) is 10.4. The molecular formula is C9H16N2O3. The van der Waals surface area contributed by atoms with Crippen LogP contribution in [0.2, 0.25) is 0 Å². The van der Waals surface area contributed by atoms with Crippen LogP contribution in [0.3, 0.4) is 0 Å². The molecule has 2 N–H and O–H groups in total. The molecule has 0 bridgehead atoms. The summed E-state index contributed by atoms with van der Waals surface area (Å²) in [7, 11) is 0. The van der Waals surface area contributed by atoms with Crippen LogP contribution in [0.4, 0.5) is 0 Å². The van der Waals surface area contributed by atoms with E-state index in [2.05, 4.69) is 15.4 Å². The number of hydrogen-bond acceptors (Lipinski definition) is 4. The molecular weight excluding hydrogens is 184 g/mol. The van der Waals surface area contributed by atoms with E-state index >= 15 is 0 Å². The molecule has 1 amide bonds. The fourth-order valence-electron chi connectivity index (χ4n) is 1.16. The molecule has 1 heterocycles. The first kappa shape index (κ1) is 11.0. The maximum Gasteiger partial charge on any atom is 0.315 e. The lowest BCUT2D eigenvalue weighted by molar-refractivity contribution is -0.146. The van der Waals surface area contributed by atoms with Crippen molar-refractivity contribution in [3.63, 3.8) is 0 Å². The number of rotatable bonds is 5. The van der Waals surface area contributed by atoms with E-state index in [9.17, 15) is 9.59 Å². The normalized spacial score (nSPS) is 15.8. The number of amides is 1. The SMILES string of the molecule is CCOC(=O)CC(=O)NCC1CNC1. The molecule has 0 aromatic carbocycles. The van der Waals surface area contributed by atoms with Crippen molar-refractivity contribution < 1.29 is 14.3 Å². The van der Waals surface area contributed by atoms with Crippen molar-refractivity contribution in [3.8, 4) is 0 Å². The van der Waals surface area contributed by atoms with Gasteiger partial charge in [-0.05, 0) is 6.92 Å². The summed E-state index contributed by atoms with van der Waals surface area (Å²) < 4.78 is 4.65. The number of ether oxygens (including phenoxy) is 1. The summed E-state index contributed by atoms with van der Waals surface area (Å²) in [6, 6.07) is 0. The molecule has 80 valence electrons. The van der Waals surface area contributed by atoms with E-state index in [0.717, 1.165) is 13.1 Å². The Hall–Kier alpha value is -1.10. The molecule has 0 radical (unpaired) electrons. The standard InChI is InChI=1S/C9H16N2O3/c1-2-14-9(13)3-8(12)11-6-7-4-10-5-7/h7,10H,2-6H2,1H3,(H,11,12). The Labute approximate surface area is 83.2 Å². The quantitative estimate of drug-likeness (QED) is 0.454. The fourth-order valence-corrected chi connectivity index (χ4v) is 1.16. The highest BCUT2D eigenvalue weighted by molar-refractivity contribution is 5.94. The summed E-state index contributed by atoms with van der Waals surface area (Å²) in [6.45, 7) is 4.57. The minimum absolute atomic E-state index is 0.173. The van der Waals surface area contributed by atoms with E-state index in [1.807, 2.05) is 0 Å². The highest BCUT2D eigenvalue weighted by Gasteiger charge is 2.18. The van der Waals surface area contributed by atoms with Crippen molar-refractivity contribution in [3.05, 3.63) is 0 Å². The highest BCUT2D eigenvalue weighted by Crippen LogP contribution is 1.99. The van der Waals surface area contributed by atoms with Gasteiger partial charge >= 0.3 is 5.97 Å². The van der Waals surface area contributed by atoms with Gasteiger partial charge in [-0.2, -0.15) is 0 Å². The summed E-state index contributed by atoms with van der Waals surface area (Å²) in [6.07, 6.45) is -0.173. The van der Waals surface area contributed by atoms with Crippen LogP contribution in [-0.2, 0) is 14.3 Å². The van der Waals surface area contributed by atoms with Gasteiger partial charge in [0, 0.05) is 25.6 Å². The summed E-state index contributed by atoms with van der Waals surface area (Å²) in [4.78, 5) is 22.0. The number of hydrogen-bond donors (Lipinski definition) is 2. The first-order chi connectivity index (χ1) is 6.72. The van der Waals surface area contributed by atoms with E-state index in [1.54, 1.807) is 6.92 Å². The summed E-state index contributed by atoms with van der Waals surface area (Å²) in [5.41, 5.74) is 0. The maximum atomic E-state index is 11.1. The van der Waals surface area contributed by atoms with Crippen LogP contribution < -0.4 is 10.6 Å². The van der Waals surface area contributed by atoms with Crippen LogP contribution in [0.25, 0.3) is 0 Å². The van der Waals surface area contributed by atoms with Crippen molar-refractivity contribution in [2.45, 2.75) is 13.3 Å². The van der Waals surface area contributed by atoms with Gasteiger partial charge in [0.15, 0.2) is 0 Å². The average Bonchev–Trinajstić information content (AvgIpc) is 2.01. The van der Waals surface area contributed by atoms with Crippen LogP contribution in [0.15, 0.2) is 0 Å². The largest absolute Gasteiger partial charge is 0.466 e. The van der Waals surface area contributed by atoms with Crippen LogP contribution in [0, 0.1) is 5.92 Å². The van der Waals surface area contributed by atoms with Crippen LogP contribution in [0.5, 0.6) is 0 Å². The summed E-state index contributed by atoms with van der Waals surface area (Å²) in [5.74, 6) is -0.201. The molecule has 0 spiro atoms. The van der Waals surface area contributed by atoms with Crippen LogP contribution in [-0.4, -0.2) is 38.1 Å². The molecule has 0 atom stereocenters. The van der Waals surface area contributed by atoms with E-state index in [4.69, 9.17) is 0 Å². The minimum Gasteiger partial charge on any atom is -0.466 e. The molecule has 0 aliphatic carbocycles. The molecule has 1 saturated heterocycles. The third kappa shape index (κ3) is 3.74. The Bertz CT molecular complexity index is 214. The van der Waals surface area contributed by atoms with Gasteiger partial charge < -0.3 is 15.4 Å². The third-order valence-corrected chi connectivity index (χ3v) is 2.06. The Morgan fingerprint density at radius 2 is 2.21 bits per heavy atom. The molecule has 1 aliphatic rings. The first-order valence-corrected chi connectivity index (χ1v) is 4.85. The smallest absolute Gasteiger partial charge is 0.315 e. The maximum absolute atomic E-state index is 11.1. The zero-order valence-corrected chi connectivity index (χ0v) is 8.34. The van der Waals surface area contributed by atoms with E-state index < -0.39 is 5.97 Å². The van der Waals surface area contributed by atoms with Crippen molar-refractivity contribution in [1.29, 1.82) is 0 Å². The van der Waals surface area contributed by atoms with E-state index in [0.29, 0.717) is 19.1 Å². The summed E-state index contributed by atoms with van der Waals surface area (Å²) >= 11 is 0. The van der Waals surface area contributed by atoms with Gasteiger partial charge in [0.1, 0.15) is 6.42 Å². The molecule has 0 saturated carbocycles. The Morgan fingerprint density at radius 3 is 2.71 bits per heavy atom. The number of carbonyl (C=O) groups excluding carboxylic acids is 2. The first-order valence-electron chi connectivity index (χ1n) is 4.85.